The van der Waals surface area contributed by atoms with Crippen molar-refractivity contribution in [2.24, 2.45) is 0 Å². The molecule has 0 bridgehead atoms. The first kappa shape index (κ1) is 21.1. The Kier molecular flexibility index (Phi) is 6.53. The lowest BCUT2D eigenvalue weighted by Crippen LogP contribution is -2.32. The summed E-state index contributed by atoms with van der Waals surface area (Å²) < 4.78 is 5.10. The van der Waals surface area contributed by atoms with E-state index in [0.717, 1.165) is 0 Å². The number of hydrogen-bond acceptors (Lipinski definition) is 5. The molecule has 30 heavy (non-hydrogen) atoms. The van der Waals surface area contributed by atoms with Gasteiger partial charge in [0.1, 0.15) is 0 Å². The molecule has 156 valence electrons. The minimum absolute atomic E-state index is 0.0617. The molecule has 0 aliphatic rings. The van der Waals surface area contributed by atoms with Crippen molar-refractivity contribution >= 4 is 46.1 Å². The largest absolute Gasteiger partial charge is 0.452 e. The number of hydrogen-bond donors (Lipinski definition) is 4. The van der Waals surface area contributed by atoms with Gasteiger partial charge in [0, 0.05) is 22.8 Å². The van der Waals surface area contributed by atoms with E-state index < -0.39 is 18.0 Å². The third-order valence-corrected chi connectivity index (χ3v) is 4.43. The number of carbonyl (C=O) groups excluding carboxylic acids is 3. The Bertz CT molecular complexity index is 1140. The van der Waals surface area contributed by atoms with Crippen LogP contribution < -0.4 is 16.3 Å². The van der Waals surface area contributed by atoms with Gasteiger partial charge in [-0.25, -0.2) is 4.79 Å². The smallest absolute Gasteiger partial charge is 0.323 e. The molecular weight excluding hydrogens is 412 g/mol. The van der Waals surface area contributed by atoms with Gasteiger partial charge in [-0.3, -0.25) is 14.4 Å². The van der Waals surface area contributed by atoms with Crippen LogP contribution in [-0.4, -0.2) is 40.4 Å². The fourth-order valence-corrected chi connectivity index (χ4v) is 2.77. The second-order valence-electron chi connectivity index (χ2n) is 6.47. The summed E-state index contributed by atoms with van der Waals surface area (Å²) in [7, 11) is 0. The number of anilines is 1. The van der Waals surface area contributed by atoms with Crippen LogP contribution >= 0.6 is 11.6 Å². The standard InChI is InChI=1S/C20H19ClN4O5/c1-11(18(27)23-14-6-7-15-16(10-14)25-20(29)24-15)30-17(26)8-9-22-19(28)12-2-4-13(21)5-3-12/h2-7,10-11H,8-9H2,1H3,(H,22,28)(H,23,27)(H2,24,25,29). The number of H-pyrrole nitrogens is 2. The molecule has 1 heterocycles. The van der Waals surface area contributed by atoms with E-state index in [0.29, 0.717) is 27.3 Å². The number of amides is 2. The van der Waals surface area contributed by atoms with Crippen molar-refractivity contribution in [3.8, 4) is 0 Å². The normalized spacial score (nSPS) is 11.7. The SMILES string of the molecule is CC(OC(=O)CCNC(=O)c1ccc(Cl)cc1)C(=O)Nc1ccc2[nH]c(=O)[nH]c2c1. The first-order valence-electron chi connectivity index (χ1n) is 9.08. The van der Waals surface area contributed by atoms with E-state index in [9.17, 15) is 19.2 Å². The van der Waals surface area contributed by atoms with Crippen LogP contribution in [-0.2, 0) is 14.3 Å². The Labute approximate surface area is 175 Å². The fourth-order valence-electron chi connectivity index (χ4n) is 2.65. The number of imidazole rings is 1. The maximum atomic E-state index is 12.2. The third kappa shape index (κ3) is 5.48. The Balaban J connectivity index is 1.44. The van der Waals surface area contributed by atoms with Crippen LogP contribution in [0.4, 0.5) is 5.69 Å². The predicted octanol–water partition coefficient (Wildman–Crippen LogP) is 2.20. The zero-order valence-corrected chi connectivity index (χ0v) is 16.7. The highest BCUT2D eigenvalue weighted by Crippen LogP contribution is 2.15. The van der Waals surface area contributed by atoms with E-state index in [1.165, 1.54) is 6.92 Å². The summed E-state index contributed by atoms with van der Waals surface area (Å²) in [5.74, 6) is -1.49. The predicted molar refractivity (Wildman–Crippen MR) is 112 cm³/mol. The van der Waals surface area contributed by atoms with E-state index in [1.807, 2.05) is 0 Å². The minimum atomic E-state index is -1.04. The molecular formula is C20H19ClN4O5. The lowest BCUT2D eigenvalue weighted by atomic mass is 10.2. The fraction of sp³-hybridized carbons (Fsp3) is 0.200. The van der Waals surface area contributed by atoms with Crippen molar-refractivity contribution in [3.05, 3.63) is 63.5 Å². The van der Waals surface area contributed by atoms with Crippen LogP contribution in [0.1, 0.15) is 23.7 Å². The lowest BCUT2D eigenvalue weighted by Gasteiger charge is -2.14. The summed E-state index contributed by atoms with van der Waals surface area (Å²) in [4.78, 5) is 52.6. The number of halogens is 1. The molecule has 3 rings (SSSR count). The highest BCUT2D eigenvalue weighted by Gasteiger charge is 2.18. The maximum Gasteiger partial charge on any atom is 0.323 e. The average molecular weight is 431 g/mol. The molecule has 10 heteroatoms. The molecule has 0 saturated heterocycles. The molecule has 0 aliphatic carbocycles. The monoisotopic (exact) mass is 430 g/mol. The van der Waals surface area contributed by atoms with Crippen molar-refractivity contribution in [1.82, 2.24) is 15.3 Å². The molecule has 1 unspecified atom stereocenters. The van der Waals surface area contributed by atoms with Crippen LogP contribution in [0.3, 0.4) is 0 Å². The van der Waals surface area contributed by atoms with E-state index >= 15 is 0 Å². The van der Waals surface area contributed by atoms with Gasteiger partial charge in [-0.1, -0.05) is 11.6 Å². The number of aromatic nitrogens is 2. The van der Waals surface area contributed by atoms with Crippen molar-refractivity contribution < 1.29 is 19.1 Å². The van der Waals surface area contributed by atoms with Crippen molar-refractivity contribution in [3.63, 3.8) is 0 Å². The number of carbonyl (C=O) groups is 3. The Hall–Kier alpha value is -3.59. The molecule has 9 nitrogen and oxygen atoms in total. The minimum Gasteiger partial charge on any atom is -0.452 e. The van der Waals surface area contributed by atoms with Gasteiger partial charge in [0.15, 0.2) is 6.10 Å². The molecule has 2 aromatic carbocycles. The quantitative estimate of drug-likeness (QED) is 0.426. The van der Waals surface area contributed by atoms with Crippen LogP contribution in [0.15, 0.2) is 47.3 Å². The summed E-state index contributed by atoms with van der Waals surface area (Å²) >= 11 is 5.77. The van der Waals surface area contributed by atoms with E-state index in [1.54, 1.807) is 42.5 Å². The van der Waals surface area contributed by atoms with Gasteiger partial charge in [-0.15, -0.1) is 0 Å². The van der Waals surface area contributed by atoms with Crippen molar-refractivity contribution in [2.45, 2.75) is 19.4 Å². The van der Waals surface area contributed by atoms with E-state index in [2.05, 4.69) is 20.6 Å². The lowest BCUT2D eigenvalue weighted by molar-refractivity contribution is -0.153. The van der Waals surface area contributed by atoms with E-state index in [4.69, 9.17) is 16.3 Å². The molecule has 4 N–H and O–H groups in total. The number of benzene rings is 2. The maximum absolute atomic E-state index is 12.2. The molecule has 0 fully saturated rings. The van der Waals surface area contributed by atoms with Gasteiger partial charge in [0.05, 0.1) is 17.5 Å². The third-order valence-electron chi connectivity index (χ3n) is 4.18. The Morgan fingerprint density at radius 3 is 2.50 bits per heavy atom. The van der Waals surface area contributed by atoms with Gasteiger partial charge in [0.25, 0.3) is 11.8 Å². The molecule has 3 aromatic rings. The van der Waals surface area contributed by atoms with Crippen LogP contribution in [0.25, 0.3) is 11.0 Å². The molecule has 1 aromatic heterocycles. The highest BCUT2D eigenvalue weighted by molar-refractivity contribution is 6.30. The second-order valence-corrected chi connectivity index (χ2v) is 6.91. The number of aromatic amines is 2. The first-order valence-corrected chi connectivity index (χ1v) is 9.46. The van der Waals surface area contributed by atoms with Gasteiger partial charge < -0.3 is 25.3 Å². The summed E-state index contributed by atoms with van der Waals surface area (Å²) in [6.45, 7) is 1.50. The molecule has 0 spiro atoms. The second kappa shape index (κ2) is 9.27. The van der Waals surface area contributed by atoms with Gasteiger partial charge in [-0.2, -0.15) is 0 Å². The summed E-state index contributed by atoms with van der Waals surface area (Å²) in [6.07, 6.45) is -1.13. The molecule has 1 atom stereocenters. The van der Waals surface area contributed by atoms with Crippen LogP contribution in [0, 0.1) is 0 Å². The number of esters is 1. The molecule has 2 amide bonds. The number of rotatable bonds is 7. The topological polar surface area (TPSA) is 133 Å². The van der Waals surface area contributed by atoms with Gasteiger partial charge in [0.2, 0.25) is 0 Å². The Morgan fingerprint density at radius 1 is 1.07 bits per heavy atom. The van der Waals surface area contributed by atoms with Crippen LogP contribution in [0.2, 0.25) is 5.02 Å². The molecule has 0 saturated carbocycles. The first-order chi connectivity index (χ1) is 14.3. The number of ether oxygens (including phenoxy) is 1. The highest BCUT2D eigenvalue weighted by atomic mass is 35.5. The van der Waals surface area contributed by atoms with Crippen LogP contribution in [0.5, 0.6) is 0 Å². The molecule has 0 radical (unpaired) electrons. The molecule has 0 aliphatic heterocycles. The number of fused-ring (bicyclic) bond motifs is 1. The van der Waals surface area contributed by atoms with Crippen molar-refractivity contribution in [2.75, 3.05) is 11.9 Å². The summed E-state index contributed by atoms with van der Waals surface area (Å²) in [6, 6.07) is 11.2. The summed E-state index contributed by atoms with van der Waals surface area (Å²) in [5.41, 5.74) is 1.66. The number of nitrogens with one attached hydrogen (secondary N) is 4. The summed E-state index contributed by atoms with van der Waals surface area (Å²) in [5, 5.41) is 5.73. The average Bonchev–Trinajstić information content (AvgIpc) is 3.07. The zero-order chi connectivity index (χ0) is 21.7. The van der Waals surface area contributed by atoms with Crippen molar-refractivity contribution in [1.29, 1.82) is 0 Å². The zero-order valence-electron chi connectivity index (χ0n) is 16.0. The van der Waals surface area contributed by atoms with E-state index in [-0.39, 0.29) is 24.6 Å². The van der Waals surface area contributed by atoms with Gasteiger partial charge in [-0.05, 0) is 49.4 Å². The van der Waals surface area contributed by atoms with Gasteiger partial charge >= 0.3 is 11.7 Å². The Morgan fingerprint density at radius 2 is 1.77 bits per heavy atom.